The average Bonchev–Trinajstić information content (AvgIpc) is 3.07. The van der Waals surface area contributed by atoms with Gasteiger partial charge in [-0.25, -0.2) is 4.79 Å². The number of carboxylic acids is 1. The van der Waals surface area contributed by atoms with Gasteiger partial charge in [0.2, 0.25) is 0 Å². The van der Waals surface area contributed by atoms with Crippen LogP contribution in [0.2, 0.25) is 5.02 Å². The summed E-state index contributed by atoms with van der Waals surface area (Å²) in [6.45, 7) is 0.572. The van der Waals surface area contributed by atoms with E-state index in [1.54, 1.807) is 20.3 Å². The molecule has 4 N–H and O–H groups in total. The first-order chi connectivity index (χ1) is 13.5. The molecule has 2 aromatic carbocycles. The van der Waals surface area contributed by atoms with Crippen LogP contribution < -0.4 is 15.2 Å². The third-order valence-corrected chi connectivity index (χ3v) is 5.11. The van der Waals surface area contributed by atoms with Gasteiger partial charge in [-0.1, -0.05) is 17.7 Å². The SMILES string of the molecule is COc1cccc(OC)c1-c1[nH]c2c(Cl)ccc(C(=O)O)c2c1CCCCN. The van der Waals surface area contributed by atoms with E-state index in [0.717, 1.165) is 29.7 Å². The first kappa shape index (κ1) is 20.0. The number of hydrogen-bond donors (Lipinski definition) is 3. The molecule has 0 saturated carbocycles. The number of benzene rings is 2. The lowest BCUT2D eigenvalue weighted by Crippen LogP contribution is -2.02. The summed E-state index contributed by atoms with van der Waals surface area (Å²) in [6, 6.07) is 8.65. The van der Waals surface area contributed by atoms with Gasteiger partial charge in [-0.2, -0.15) is 0 Å². The number of ether oxygens (including phenoxy) is 2. The molecule has 0 aliphatic heterocycles. The molecule has 0 amide bonds. The quantitative estimate of drug-likeness (QED) is 0.482. The fraction of sp³-hybridized carbons (Fsp3) is 0.286. The normalized spacial score (nSPS) is 11.0. The van der Waals surface area contributed by atoms with Gasteiger partial charge in [-0.15, -0.1) is 0 Å². The van der Waals surface area contributed by atoms with Crippen LogP contribution in [0.1, 0.15) is 28.8 Å². The fourth-order valence-corrected chi connectivity index (χ4v) is 3.73. The predicted octanol–water partition coefficient (Wildman–Crippen LogP) is 4.49. The van der Waals surface area contributed by atoms with Crippen molar-refractivity contribution in [2.45, 2.75) is 19.3 Å². The van der Waals surface area contributed by atoms with E-state index in [1.807, 2.05) is 18.2 Å². The molecule has 0 atom stereocenters. The van der Waals surface area contributed by atoms with Gasteiger partial charge in [0.05, 0.1) is 41.6 Å². The first-order valence-electron chi connectivity index (χ1n) is 9.01. The van der Waals surface area contributed by atoms with Crippen LogP contribution in [0.3, 0.4) is 0 Å². The number of methoxy groups -OCH3 is 2. The largest absolute Gasteiger partial charge is 0.496 e. The Bertz CT molecular complexity index is 991. The van der Waals surface area contributed by atoms with E-state index >= 15 is 0 Å². The van der Waals surface area contributed by atoms with Gasteiger partial charge in [0.1, 0.15) is 11.5 Å². The van der Waals surface area contributed by atoms with Crippen LogP contribution in [-0.4, -0.2) is 36.8 Å². The number of aromatic amines is 1. The third kappa shape index (κ3) is 3.53. The lowest BCUT2D eigenvalue weighted by Gasteiger charge is -2.14. The van der Waals surface area contributed by atoms with Crippen LogP contribution in [0.25, 0.3) is 22.2 Å². The Morgan fingerprint density at radius 2 is 1.82 bits per heavy atom. The Labute approximate surface area is 168 Å². The second-order valence-corrected chi connectivity index (χ2v) is 6.82. The molecule has 3 aromatic rings. The highest BCUT2D eigenvalue weighted by Crippen LogP contribution is 2.44. The van der Waals surface area contributed by atoms with Crippen molar-refractivity contribution in [3.63, 3.8) is 0 Å². The molecule has 148 valence electrons. The molecule has 7 heteroatoms. The molecule has 0 aliphatic rings. The van der Waals surface area contributed by atoms with Crippen LogP contribution in [0.4, 0.5) is 0 Å². The van der Waals surface area contributed by atoms with Gasteiger partial charge in [-0.05, 0) is 55.6 Å². The lowest BCUT2D eigenvalue weighted by molar-refractivity contribution is 0.0699. The number of H-pyrrole nitrogens is 1. The van der Waals surface area contributed by atoms with E-state index in [9.17, 15) is 9.90 Å². The molecule has 6 nitrogen and oxygen atoms in total. The van der Waals surface area contributed by atoms with Crippen molar-refractivity contribution >= 4 is 28.5 Å². The van der Waals surface area contributed by atoms with Crippen LogP contribution in [0, 0.1) is 0 Å². The average molecular weight is 403 g/mol. The number of hydrogen-bond acceptors (Lipinski definition) is 4. The smallest absolute Gasteiger partial charge is 0.336 e. The van der Waals surface area contributed by atoms with E-state index in [-0.39, 0.29) is 5.56 Å². The summed E-state index contributed by atoms with van der Waals surface area (Å²) in [4.78, 5) is 15.2. The minimum Gasteiger partial charge on any atom is -0.496 e. The van der Waals surface area contributed by atoms with E-state index in [1.165, 1.54) is 6.07 Å². The molecule has 0 aliphatic carbocycles. The van der Waals surface area contributed by atoms with Gasteiger partial charge in [0.15, 0.2) is 0 Å². The number of fused-ring (bicyclic) bond motifs is 1. The minimum atomic E-state index is -1.00. The summed E-state index contributed by atoms with van der Waals surface area (Å²) in [6.07, 6.45) is 2.30. The van der Waals surface area contributed by atoms with Crippen molar-refractivity contribution < 1.29 is 19.4 Å². The molecule has 0 unspecified atom stereocenters. The number of unbranched alkanes of at least 4 members (excludes halogenated alkanes) is 1. The maximum atomic E-state index is 11.9. The Morgan fingerprint density at radius 3 is 2.39 bits per heavy atom. The number of carboxylic acid groups (broad SMARTS) is 1. The minimum absolute atomic E-state index is 0.207. The zero-order valence-corrected chi connectivity index (χ0v) is 16.6. The number of carbonyl (C=O) groups is 1. The summed E-state index contributed by atoms with van der Waals surface area (Å²) >= 11 is 6.41. The Kier molecular flexibility index (Phi) is 6.11. The number of rotatable bonds is 8. The summed E-state index contributed by atoms with van der Waals surface area (Å²) in [7, 11) is 3.18. The number of nitrogens with one attached hydrogen (secondary N) is 1. The van der Waals surface area contributed by atoms with E-state index < -0.39 is 5.97 Å². The molecule has 1 aromatic heterocycles. The maximum Gasteiger partial charge on any atom is 0.336 e. The Balaban J connectivity index is 2.37. The Morgan fingerprint density at radius 1 is 1.14 bits per heavy atom. The number of aromatic nitrogens is 1. The maximum absolute atomic E-state index is 11.9. The number of aromatic carboxylic acids is 1. The molecule has 3 rings (SSSR count). The standard InChI is InChI=1S/C21H23ClN2O4/c1-27-15-7-5-8-16(28-2)18(15)19-12(6-3-4-11-23)17-13(21(25)26)9-10-14(22)20(17)24-19/h5,7-10,24H,3-4,6,11,23H2,1-2H3,(H,25,26). The summed E-state index contributed by atoms with van der Waals surface area (Å²) in [5.74, 6) is 0.247. The first-order valence-corrected chi connectivity index (χ1v) is 9.39. The zero-order chi connectivity index (χ0) is 20.3. The topological polar surface area (TPSA) is 97.6 Å². The van der Waals surface area contributed by atoms with Gasteiger partial charge in [0.25, 0.3) is 0 Å². The number of nitrogens with two attached hydrogens (primary N) is 1. The molecule has 0 saturated heterocycles. The molecular weight excluding hydrogens is 380 g/mol. The Hall–Kier alpha value is -2.70. The van der Waals surface area contributed by atoms with E-state index in [2.05, 4.69) is 4.98 Å². The summed E-state index contributed by atoms with van der Waals surface area (Å²) < 4.78 is 11.1. The number of halogens is 1. The highest BCUT2D eigenvalue weighted by atomic mass is 35.5. The van der Waals surface area contributed by atoms with Crippen molar-refractivity contribution in [3.05, 3.63) is 46.5 Å². The summed E-state index contributed by atoms with van der Waals surface area (Å²) in [5, 5.41) is 10.8. The van der Waals surface area contributed by atoms with Gasteiger partial charge >= 0.3 is 5.97 Å². The predicted molar refractivity (Wildman–Crippen MR) is 111 cm³/mol. The van der Waals surface area contributed by atoms with Crippen molar-refractivity contribution in [3.8, 4) is 22.8 Å². The van der Waals surface area contributed by atoms with Crippen molar-refractivity contribution in [2.75, 3.05) is 20.8 Å². The number of aryl methyl sites for hydroxylation is 1. The third-order valence-electron chi connectivity index (χ3n) is 4.80. The lowest BCUT2D eigenvalue weighted by atomic mass is 9.96. The van der Waals surface area contributed by atoms with Crippen LogP contribution >= 0.6 is 11.6 Å². The van der Waals surface area contributed by atoms with Crippen molar-refractivity contribution in [2.24, 2.45) is 5.73 Å². The van der Waals surface area contributed by atoms with E-state index in [4.69, 9.17) is 26.8 Å². The molecule has 1 heterocycles. The van der Waals surface area contributed by atoms with Crippen molar-refractivity contribution in [1.29, 1.82) is 0 Å². The zero-order valence-electron chi connectivity index (χ0n) is 15.8. The second kappa shape index (κ2) is 8.54. The van der Waals surface area contributed by atoms with Gasteiger partial charge < -0.3 is 25.3 Å². The van der Waals surface area contributed by atoms with Crippen molar-refractivity contribution in [1.82, 2.24) is 4.98 Å². The fourth-order valence-electron chi connectivity index (χ4n) is 3.52. The van der Waals surface area contributed by atoms with Gasteiger partial charge in [-0.3, -0.25) is 0 Å². The molecule has 28 heavy (non-hydrogen) atoms. The molecule has 0 radical (unpaired) electrons. The highest BCUT2D eigenvalue weighted by Gasteiger charge is 2.24. The van der Waals surface area contributed by atoms with Crippen LogP contribution in [0.5, 0.6) is 11.5 Å². The molecule has 0 spiro atoms. The molecule has 0 bridgehead atoms. The van der Waals surface area contributed by atoms with Crippen LogP contribution in [0.15, 0.2) is 30.3 Å². The molecular formula is C21H23ClN2O4. The van der Waals surface area contributed by atoms with Gasteiger partial charge in [0, 0.05) is 5.39 Å². The van der Waals surface area contributed by atoms with E-state index in [0.29, 0.717) is 40.4 Å². The second-order valence-electron chi connectivity index (χ2n) is 6.41. The monoisotopic (exact) mass is 402 g/mol. The molecule has 0 fully saturated rings. The summed E-state index contributed by atoms with van der Waals surface area (Å²) in [5.41, 5.74) is 8.81. The van der Waals surface area contributed by atoms with Crippen LogP contribution in [-0.2, 0) is 6.42 Å². The highest BCUT2D eigenvalue weighted by molar-refractivity contribution is 6.36.